The van der Waals surface area contributed by atoms with Crippen molar-refractivity contribution in [3.63, 3.8) is 0 Å². The van der Waals surface area contributed by atoms with Crippen molar-refractivity contribution < 1.29 is 13.2 Å². The highest BCUT2D eigenvalue weighted by molar-refractivity contribution is 9.10. The summed E-state index contributed by atoms with van der Waals surface area (Å²) in [5.41, 5.74) is 1.86. The lowest BCUT2D eigenvalue weighted by molar-refractivity contribution is -0.137. The SMILES string of the molecule is FC(F)(F)c1cccc(Cc2cc3cccc(Br)c3[nH]2)c1. The van der Waals surface area contributed by atoms with Gasteiger partial charge in [0.1, 0.15) is 0 Å². The van der Waals surface area contributed by atoms with Crippen molar-refractivity contribution in [1.82, 2.24) is 4.98 Å². The van der Waals surface area contributed by atoms with E-state index in [-0.39, 0.29) is 0 Å². The van der Waals surface area contributed by atoms with Gasteiger partial charge in [-0.1, -0.05) is 30.3 Å². The van der Waals surface area contributed by atoms with Crippen LogP contribution in [0, 0.1) is 0 Å². The molecule has 2 aromatic carbocycles. The van der Waals surface area contributed by atoms with Crippen LogP contribution in [0.4, 0.5) is 13.2 Å². The van der Waals surface area contributed by atoms with Gasteiger partial charge >= 0.3 is 6.18 Å². The van der Waals surface area contributed by atoms with Gasteiger partial charge in [0.15, 0.2) is 0 Å². The lowest BCUT2D eigenvalue weighted by atomic mass is 10.1. The molecule has 0 aliphatic carbocycles. The summed E-state index contributed by atoms with van der Waals surface area (Å²) in [7, 11) is 0. The second kappa shape index (κ2) is 5.22. The molecule has 5 heteroatoms. The van der Waals surface area contributed by atoms with Gasteiger partial charge in [-0.3, -0.25) is 0 Å². The van der Waals surface area contributed by atoms with Crippen LogP contribution in [0.3, 0.4) is 0 Å². The zero-order valence-corrected chi connectivity index (χ0v) is 12.4. The molecular formula is C16H11BrF3N. The highest BCUT2D eigenvalue weighted by atomic mass is 79.9. The zero-order valence-electron chi connectivity index (χ0n) is 10.8. The number of aromatic amines is 1. The second-order valence-corrected chi connectivity index (χ2v) is 5.73. The molecule has 0 aliphatic heterocycles. The van der Waals surface area contributed by atoms with Crippen molar-refractivity contribution in [2.75, 3.05) is 0 Å². The van der Waals surface area contributed by atoms with Crippen molar-refractivity contribution in [2.24, 2.45) is 0 Å². The molecule has 0 atom stereocenters. The summed E-state index contributed by atoms with van der Waals surface area (Å²) in [5.74, 6) is 0. The molecule has 0 unspecified atom stereocenters. The predicted octanol–water partition coefficient (Wildman–Crippen LogP) is 5.54. The third kappa shape index (κ3) is 2.97. The molecule has 0 amide bonds. The van der Waals surface area contributed by atoms with Crippen molar-refractivity contribution >= 4 is 26.8 Å². The minimum Gasteiger partial charge on any atom is -0.357 e. The van der Waals surface area contributed by atoms with E-state index in [4.69, 9.17) is 0 Å². The first-order chi connectivity index (χ1) is 9.93. The van der Waals surface area contributed by atoms with Crippen LogP contribution in [-0.2, 0) is 12.6 Å². The molecule has 0 fully saturated rings. The number of aromatic nitrogens is 1. The van der Waals surface area contributed by atoms with Gasteiger partial charge in [0.25, 0.3) is 0 Å². The molecule has 0 bridgehead atoms. The van der Waals surface area contributed by atoms with Crippen LogP contribution in [0.15, 0.2) is 53.0 Å². The van der Waals surface area contributed by atoms with Crippen molar-refractivity contribution in [1.29, 1.82) is 0 Å². The van der Waals surface area contributed by atoms with E-state index in [9.17, 15) is 13.2 Å². The van der Waals surface area contributed by atoms with Crippen molar-refractivity contribution in [3.05, 3.63) is 69.8 Å². The Morgan fingerprint density at radius 2 is 1.76 bits per heavy atom. The normalized spacial score (nSPS) is 12.0. The minimum atomic E-state index is -4.31. The molecule has 1 heterocycles. The van der Waals surface area contributed by atoms with Crippen LogP contribution in [-0.4, -0.2) is 4.98 Å². The Labute approximate surface area is 127 Å². The Kier molecular flexibility index (Phi) is 3.53. The quantitative estimate of drug-likeness (QED) is 0.622. The first kappa shape index (κ1) is 14.2. The number of fused-ring (bicyclic) bond motifs is 1. The monoisotopic (exact) mass is 353 g/mol. The van der Waals surface area contributed by atoms with Gasteiger partial charge in [-0.25, -0.2) is 0 Å². The summed E-state index contributed by atoms with van der Waals surface area (Å²) in [6, 6.07) is 13.2. The summed E-state index contributed by atoms with van der Waals surface area (Å²) in [6.45, 7) is 0. The Morgan fingerprint density at radius 1 is 1.00 bits per heavy atom. The van der Waals surface area contributed by atoms with E-state index in [1.165, 1.54) is 12.1 Å². The summed E-state index contributed by atoms with van der Waals surface area (Å²) in [4.78, 5) is 3.24. The lowest BCUT2D eigenvalue weighted by Crippen LogP contribution is -2.05. The molecular weight excluding hydrogens is 343 g/mol. The lowest BCUT2D eigenvalue weighted by Gasteiger charge is -2.08. The third-order valence-corrected chi connectivity index (χ3v) is 3.97. The number of hydrogen-bond acceptors (Lipinski definition) is 0. The van der Waals surface area contributed by atoms with Crippen LogP contribution < -0.4 is 0 Å². The molecule has 3 aromatic rings. The molecule has 0 saturated carbocycles. The molecule has 21 heavy (non-hydrogen) atoms. The van der Waals surface area contributed by atoms with Gasteiger partial charge < -0.3 is 4.98 Å². The zero-order chi connectivity index (χ0) is 15.0. The molecule has 108 valence electrons. The number of benzene rings is 2. The van der Waals surface area contributed by atoms with Crippen LogP contribution in [0.2, 0.25) is 0 Å². The molecule has 0 aliphatic rings. The van der Waals surface area contributed by atoms with Gasteiger partial charge in [-0.05, 0) is 39.7 Å². The van der Waals surface area contributed by atoms with E-state index in [1.807, 2.05) is 24.3 Å². The standard InChI is InChI=1S/C16H11BrF3N/c17-14-6-2-4-11-9-13(21-15(11)14)8-10-3-1-5-12(7-10)16(18,19)20/h1-7,9,21H,8H2. The maximum absolute atomic E-state index is 12.7. The van der Waals surface area contributed by atoms with Gasteiger partial charge in [-0.2, -0.15) is 13.2 Å². The fraction of sp³-hybridized carbons (Fsp3) is 0.125. The van der Waals surface area contributed by atoms with Crippen LogP contribution in [0.5, 0.6) is 0 Å². The molecule has 3 rings (SSSR count). The smallest absolute Gasteiger partial charge is 0.357 e. The Bertz CT molecular complexity index is 790. The van der Waals surface area contributed by atoms with E-state index in [0.29, 0.717) is 12.0 Å². The maximum Gasteiger partial charge on any atom is 0.416 e. The fourth-order valence-corrected chi connectivity index (χ4v) is 2.83. The topological polar surface area (TPSA) is 15.8 Å². The number of rotatable bonds is 2. The number of H-pyrrole nitrogens is 1. The average Bonchev–Trinajstić information content (AvgIpc) is 2.82. The molecule has 1 N–H and O–H groups in total. The molecule has 0 radical (unpaired) electrons. The number of para-hydroxylation sites is 1. The fourth-order valence-electron chi connectivity index (χ4n) is 2.35. The highest BCUT2D eigenvalue weighted by Gasteiger charge is 2.30. The van der Waals surface area contributed by atoms with Gasteiger partial charge in [0.2, 0.25) is 0 Å². The Hall–Kier alpha value is -1.75. The van der Waals surface area contributed by atoms with Crippen LogP contribution in [0.1, 0.15) is 16.8 Å². The van der Waals surface area contributed by atoms with E-state index in [1.54, 1.807) is 6.07 Å². The number of hydrogen-bond donors (Lipinski definition) is 1. The Balaban J connectivity index is 1.93. The number of nitrogens with one attached hydrogen (secondary N) is 1. The van der Waals surface area contributed by atoms with Gasteiger partial charge in [0.05, 0.1) is 11.1 Å². The Morgan fingerprint density at radius 3 is 2.48 bits per heavy atom. The van der Waals surface area contributed by atoms with E-state index >= 15 is 0 Å². The average molecular weight is 354 g/mol. The number of alkyl halides is 3. The predicted molar refractivity (Wildman–Crippen MR) is 80.2 cm³/mol. The highest BCUT2D eigenvalue weighted by Crippen LogP contribution is 2.30. The van der Waals surface area contributed by atoms with Crippen LogP contribution >= 0.6 is 15.9 Å². The van der Waals surface area contributed by atoms with Crippen molar-refractivity contribution in [3.8, 4) is 0 Å². The summed E-state index contributed by atoms with van der Waals surface area (Å²) >= 11 is 3.45. The van der Waals surface area contributed by atoms with Gasteiger partial charge in [-0.15, -0.1) is 0 Å². The molecule has 1 aromatic heterocycles. The molecule has 0 spiro atoms. The first-order valence-corrected chi connectivity index (χ1v) is 7.15. The number of halogens is 4. The van der Waals surface area contributed by atoms with Crippen molar-refractivity contribution in [2.45, 2.75) is 12.6 Å². The van der Waals surface area contributed by atoms with Crippen LogP contribution in [0.25, 0.3) is 10.9 Å². The second-order valence-electron chi connectivity index (χ2n) is 4.87. The largest absolute Gasteiger partial charge is 0.416 e. The van der Waals surface area contributed by atoms with E-state index < -0.39 is 11.7 Å². The van der Waals surface area contributed by atoms with Gasteiger partial charge in [0, 0.05) is 22.0 Å². The van der Waals surface area contributed by atoms with E-state index in [0.717, 1.165) is 27.1 Å². The minimum absolute atomic E-state index is 0.436. The summed E-state index contributed by atoms with van der Waals surface area (Å²) in [5, 5.41) is 1.03. The molecule has 1 nitrogen and oxygen atoms in total. The summed E-state index contributed by atoms with van der Waals surface area (Å²) in [6.07, 6.45) is -3.87. The molecule has 0 saturated heterocycles. The third-order valence-electron chi connectivity index (χ3n) is 3.31. The van der Waals surface area contributed by atoms with E-state index in [2.05, 4.69) is 20.9 Å². The summed E-state index contributed by atoms with van der Waals surface area (Å²) < 4.78 is 39.1. The first-order valence-electron chi connectivity index (χ1n) is 6.36. The maximum atomic E-state index is 12.7.